The Kier molecular flexibility index (Phi) is 5.46. The Labute approximate surface area is 197 Å². The Bertz CT molecular complexity index is 1670. The summed E-state index contributed by atoms with van der Waals surface area (Å²) in [5, 5.41) is 4.25. The second kappa shape index (κ2) is 8.61. The molecule has 0 bridgehead atoms. The van der Waals surface area contributed by atoms with Crippen LogP contribution in [0, 0.1) is 12.3 Å². The SMILES string of the molecule is C#CCNc1ccc(-c2ccc3ncc4ccc(=O)n(-c5cccc(C(F)(F)F)c5)c4c3c2)cn1. The maximum atomic E-state index is 13.4. The molecule has 0 spiro atoms. The highest BCUT2D eigenvalue weighted by atomic mass is 19.4. The van der Waals surface area contributed by atoms with E-state index < -0.39 is 17.3 Å². The minimum absolute atomic E-state index is 0.124. The number of nitrogens with zero attached hydrogens (tertiary/aromatic N) is 3. The molecule has 0 unspecified atom stereocenters. The molecule has 3 heterocycles. The van der Waals surface area contributed by atoms with Crippen LogP contribution in [0.5, 0.6) is 0 Å². The second-order valence-electron chi connectivity index (χ2n) is 7.84. The number of halogens is 3. The first-order valence-electron chi connectivity index (χ1n) is 10.6. The van der Waals surface area contributed by atoms with Crippen LogP contribution >= 0.6 is 0 Å². The van der Waals surface area contributed by atoms with Gasteiger partial charge in [-0.1, -0.05) is 18.1 Å². The van der Waals surface area contributed by atoms with Crippen molar-refractivity contribution in [3.05, 3.63) is 95.0 Å². The summed E-state index contributed by atoms with van der Waals surface area (Å²) in [5.41, 5.74) is 1.56. The Morgan fingerprint density at radius 2 is 1.77 bits per heavy atom. The quantitative estimate of drug-likeness (QED) is 0.272. The van der Waals surface area contributed by atoms with Gasteiger partial charge in [-0.15, -0.1) is 6.42 Å². The first-order valence-corrected chi connectivity index (χ1v) is 10.6. The Morgan fingerprint density at radius 1 is 0.943 bits per heavy atom. The van der Waals surface area contributed by atoms with Crippen molar-refractivity contribution in [1.29, 1.82) is 0 Å². The van der Waals surface area contributed by atoms with Gasteiger partial charge >= 0.3 is 6.18 Å². The predicted octanol–water partition coefficient (Wildman–Crippen LogP) is 5.66. The maximum Gasteiger partial charge on any atom is 0.416 e. The zero-order chi connectivity index (χ0) is 24.6. The lowest BCUT2D eigenvalue weighted by Crippen LogP contribution is -2.18. The lowest BCUT2D eigenvalue weighted by atomic mass is 10.0. The first-order chi connectivity index (χ1) is 16.8. The summed E-state index contributed by atoms with van der Waals surface area (Å²) in [5.74, 6) is 3.12. The third-order valence-electron chi connectivity index (χ3n) is 5.62. The molecule has 1 N–H and O–H groups in total. The zero-order valence-electron chi connectivity index (χ0n) is 18.2. The van der Waals surface area contributed by atoms with Gasteiger partial charge in [0, 0.05) is 40.5 Å². The summed E-state index contributed by atoms with van der Waals surface area (Å²) in [6, 6.07) is 16.9. The van der Waals surface area contributed by atoms with Crippen LogP contribution in [-0.2, 0) is 6.18 Å². The van der Waals surface area contributed by atoms with E-state index in [1.54, 1.807) is 24.5 Å². The molecule has 3 aromatic heterocycles. The third-order valence-corrected chi connectivity index (χ3v) is 5.62. The lowest BCUT2D eigenvalue weighted by Gasteiger charge is -2.15. The van der Waals surface area contributed by atoms with Crippen LogP contribution in [0.2, 0.25) is 0 Å². The van der Waals surface area contributed by atoms with Gasteiger partial charge in [-0.05, 0) is 54.1 Å². The molecular formula is C27H17F3N4O. The fraction of sp³-hybridized carbons (Fsp3) is 0.0741. The van der Waals surface area contributed by atoms with E-state index in [0.717, 1.165) is 23.3 Å². The van der Waals surface area contributed by atoms with Crippen molar-refractivity contribution in [2.24, 2.45) is 0 Å². The Balaban J connectivity index is 1.73. The minimum atomic E-state index is -4.53. The molecule has 172 valence electrons. The fourth-order valence-corrected chi connectivity index (χ4v) is 3.98. The Morgan fingerprint density at radius 3 is 2.51 bits per heavy atom. The van der Waals surface area contributed by atoms with Crippen LogP contribution in [0.25, 0.3) is 38.6 Å². The molecule has 8 heteroatoms. The molecule has 0 aliphatic rings. The standard InChI is InChI=1S/C27H17F3N4O/c1-2-12-31-24-10-7-18(15-33-24)17-6-9-23-22(13-17)26-19(16-32-23)8-11-25(35)34(26)21-5-3-4-20(14-21)27(28,29)30/h1,3-11,13-16H,12H2,(H,31,33). The van der Waals surface area contributed by atoms with E-state index in [2.05, 4.69) is 21.2 Å². The number of aromatic nitrogens is 3. The molecule has 0 aliphatic heterocycles. The summed E-state index contributed by atoms with van der Waals surface area (Å²) in [6.07, 6.45) is 4.03. The van der Waals surface area contributed by atoms with E-state index in [4.69, 9.17) is 6.42 Å². The van der Waals surface area contributed by atoms with Crippen LogP contribution in [0.1, 0.15) is 5.56 Å². The summed E-state index contributed by atoms with van der Waals surface area (Å²) in [4.78, 5) is 21.8. The number of hydrogen-bond donors (Lipinski definition) is 1. The van der Waals surface area contributed by atoms with Crippen molar-refractivity contribution < 1.29 is 13.2 Å². The predicted molar refractivity (Wildman–Crippen MR) is 130 cm³/mol. The van der Waals surface area contributed by atoms with Gasteiger partial charge in [0.1, 0.15) is 5.82 Å². The van der Waals surface area contributed by atoms with Crippen LogP contribution in [0.4, 0.5) is 19.0 Å². The van der Waals surface area contributed by atoms with Gasteiger partial charge in [-0.25, -0.2) is 4.98 Å². The number of hydrogen-bond acceptors (Lipinski definition) is 4. The molecule has 35 heavy (non-hydrogen) atoms. The normalized spacial score (nSPS) is 11.5. The summed E-state index contributed by atoms with van der Waals surface area (Å²) in [6.45, 7) is 0.354. The molecule has 0 saturated carbocycles. The molecule has 0 atom stereocenters. The third kappa shape index (κ3) is 4.20. The van der Waals surface area contributed by atoms with Gasteiger partial charge in [0.2, 0.25) is 0 Å². The fourth-order valence-electron chi connectivity index (χ4n) is 3.98. The lowest BCUT2D eigenvalue weighted by molar-refractivity contribution is -0.137. The number of benzene rings is 2. The number of rotatable bonds is 4. The molecule has 0 radical (unpaired) electrons. The average Bonchev–Trinajstić information content (AvgIpc) is 2.87. The van der Waals surface area contributed by atoms with E-state index in [0.29, 0.717) is 34.2 Å². The highest BCUT2D eigenvalue weighted by Crippen LogP contribution is 2.32. The largest absolute Gasteiger partial charge is 0.416 e. The Hall–Kier alpha value is -4.64. The summed E-state index contributed by atoms with van der Waals surface area (Å²) in [7, 11) is 0. The minimum Gasteiger partial charge on any atom is -0.359 e. The zero-order valence-corrected chi connectivity index (χ0v) is 18.2. The molecule has 0 amide bonds. The first kappa shape index (κ1) is 22.2. The van der Waals surface area contributed by atoms with Crippen molar-refractivity contribution in [2.75, 3.05) is 11.9 Å². The number of nitrogens with one attached hydrogen (secondary N) is 1. The number of pyridine rings is 3. The highest BCUT2D eigenvalue weighted by Gasteiger charge is 2.30. The maximum absolute atomic E-state index is 13.4. The second-order valence-corrected chi connectivity index (χ2v) is 7.84. The molecule has 5 nitrogen and oxygen atoms in total. The van der Waals surface area contributed by atoms with Crippen LogP contribution < -0.4 is 10.9 Å². The molecule has 5 rings (SSSR count). The smallest absolute Gasteiger partial charge is 0.359 e. The average molecular weight is 470 g/mol. The van der Waals surface area contributed by atoms with Gasteiger partial charge in [-0.2, -0.15) is 13.2 Å². The number of anilines is 1. The number of terminal acetylenes is 1. The van der Waals surface area contributed by atoms with Crippen LogP contribution in [0.15, 0.2) is 83.9 Å². The van der Waals surface area contributed by atoms with Crippen molar-refractivity contribution in [3.8, 4) is 29.2 Å². The van der Waals surface area contributed by atoms with E-state index in [-0.39, 0.29) is 5.69 Å². The van der Waals surface area contributed by atoms with Gasteiger partial charge in [-0.3, -0.25) is 14.3 Å². The van der Waals surface area contributed by atoms with E-state index in [1.807, 2.05) is 24.3 Å². The van der Waals surface area contributed by atoms with Gasteiger partial charge < -0.3 is 5.32 Å². The van der Waals surface area contributed by atoms with Gasteiger partial charge in [0.05, 0.1) is 23.1 Å². The van der Waals surface area contributed by atoms with Crippen LogP contribution in [-0.4, -0.2) is 21.1 Å². The molecule has 0 saturated heterocycles. The summed E-state index contributed by atoms with van der Waals surface area (Å²) < 4.78 is 41.4. The highest BCUT2D eigenvalue weighted by molar-refractivity contribution is 6.05. The number of alkyl halides is 3. The van der Waals surface area contributed by atoms with Crippen LogP contribution in [0.3, 0.4) is 0 Å². The van der Waals surface area contributed by atoms with Crippen molar-refractivity contribution in [1.82, 2.24) is 14.5 Å². The topological polar surface area (TPSA) is 59.8 Å². The van der Waals surface area contributed by atoms with E-state index in [1.165, 1.54) is 22.8 Å². The van der Waals surface area contributed by atoms with Crippen molar-refractivity contribution in [3.63, 3.8) is 0 Å². The van der Waals surface area contributed by atoms with E-state index >= 15 is 0 Å². The molecular weight excluding hydrogens is 453 g/mol. The molecule has 5 aromatic rings. The molecule has 0 fully saturated rings. The van der Waals surface area contributed by atoms with Gasteiger partial charge in [0.15, 0.2) is 0 Å². The van der Waals surface area contributed by atoms with E-state index in [9.17, 15) is 18.0 Å². The molecule has 0 aliphatic carbocycles. The molecule has 2 aromatic carbocycles. The summed E-state index contributed by atoms with van der Waals surface area (Å²) >= 11 is 0. The van der Waals surface area contributed by atoms with Crippen molar-refractivity contribution >= 4 is 27.6 Å². The van der Waals surface area contributed by atoms with Gasteiger partial charge in [0.25, 0.3) is 5.56 Å². The number of fused-ring (bicyclic) bond motifs is 3. The monoisotopic (exact) mass is 470 g/mol. The van der Waals surface area contributed by atoms with Crippen molar-refractivity contribution in [2.45, 2.75) is 6.18 Å².